The monoisotopic (exact) mass is 275 g/mol. The van der Waals surface area contributed by atoms with Crippen LogP contribution >= 0.6 is 12.4 Å². The highest BCUT2D eigenvalue weighted by Gasteiger charge is 2.27. The maximum Gasteiger partial charge on any atom is 0.259 e. The van der Waals surface area contributed by atoms with Gasteiger partial charge >= 0.3 is 0 Å². The van der Waals surface area contributed by atoms with Gasteiger partial charge in [0.1, 0.15) is 11.3 Å². The smallest absolute Gasteiger partial charge is 0.259 e. The molecule has 1 saturated heterocycles. The topological polar surface area (TPSA) is 81.6 Å². The number of nitrogens with two attached hydrogens (primary N) is 1. The van der Waals surface area contributed by atoms with Crippen LogP contribution in [-0.4, -0.2) is 48.3 Å². The van der Waals surface area contributed by atoms with E-state index in [9.17, 15) is 4.79 Å². The predicted molar refractivity (Wildman–Crippen MR) is 67.9 cm³/mol. The lowest BCUT2D eigenvalue weighted by Crippen LogP contribution is -2.48. The van der Waals surface area contributed by atoms with Crippen LogP contribution < -0.4 is 5.73 Å². The molecular weight excluding hydrogens is 258 g/mol. The quantitative estimate of drug-likeness (QED) is 0.851. The summed E-state index contributed by atoms with van der Waals surface area (Å²) in [6.45, 7) is 5.57. The number of nitrogens with zero attached hydrogens (tertiary/aromatic N) is 2. The first kappa shape index (κ1) is 14.9. The average Bonchev–Trinajstić information content (AvgIpc) is 2.68. The fraction of sp³-hybridized carbons (Fsp3) is 0.636. The van der Waals surface area contributed by atoms with Gasteiger partial charge in [-0.05, 0) is 13.8 Å². The maximum atomic E-state index is 12.3. The molecule has 1 amide bonds. The van der Waals surface area contributed by atoms with Gasteiger partial charge in [-0.25, -0.2) is 0 Å². The van der Waals surface area contributed by atoms with Gasteiger partial charge in [-0.2, -0.15) is 0 Å². The van der Waals surface area contributed by atoms with Crippen molar-refractivity contribution in [3.05, 3.63) is 17.0 Å². The van der Waals surface area contributed by atoms with Crippen LogP contribution in [0, 0.1) is 13.8 Å². The summed E-state index contributed by atoms with van der Waals surface area (Å²) in [7, 11) is 0. The number of carbonyl (C=O) groups excluding carboxylic acids is 1. The molecule has 1 atom stereocenters. The molecule has 1 unspecified atom stereocenters. The van der Waals surface area contributed by atoms with Crippen molar-refractivity contribution in [1.82, 2.24) is 10.1 Å². The summed E-state index contributed by atoms with van der Waals surface area (Å²) in [4.78, 5) is 14.0. The number of hydrogen-bond acceptors (Lipinski definition) is 5. The van der Waals surface area contributed by atoms with Crippen molar-refractivity contribution in [3.8, 4) is 0 Å². The first-order valence-corrected chi connectivity index (χ1v) is 5.67. The second-order valence-electron chi connectivity index (χ2n) is 4.18. The summed E-state index contributed by atoms with van der Waals surface area (Å²) in [5.41, 5.74) is 6.74. The lowest BCUT2D eigenvalue weighted by molar-refractivity contribution is -0.0168. The van der Waals surface area contributed by atoms with E-state index in [2.05, 4.69) is 5.16 Å². The molecule has 2 rings (SSSR count). The number of carbonyl (C=O) groups is 1. The largest absolute Gasteiger partial charge is 0.373 e. The Hall–Kier alpha value is -1.11. The third kappa shape index (κ3) is 2.82. The van der Waals surface area contributed by atoms with Gasteiger partial charge in [0.25, 0.3) is 5.91 Å². The highest BCUT2D eigenvalue weighted by atomic mass is 35.5. The Balaban J connectivity index is 0.00000162. The highest BCUT2D eigenvalue weighted by molar-refractivity contribution is 5.96. The van der Waals surface area contributed by atoms with Crippen LogP contribution in [0.15, 0.2) is 4.52 Å². The van der Waals surface area contributed by atoms with Gasteiger partial charge in [0.05, 0.1) is 18.4 Å². The van der Waals surface area contributed by atoms with E-state index in [4.69, 9.17) is 15.0 Å². The third-order valence-electron chi connectivity index (χ3n) is 2.94. The minimum absolute atomic E-state index is 0. The molecule has 2 N–H and O–H groups in total. The molecule has 1 aliphatic rings. The number of aromatic nitrogens is 1. The summed E-state index contributed by atoms with van der Waals surface area (Å²) in [5.74, 6) is 0.506. The van der Waals surface area contributed by atoms with E-state index < -0.39 is 0 Å². The SMILES string of the molecule is Cc1noc(C)c1C(=O)N1CCOC(CN)C1.Cl. The van der Waals surface area contributed by atoms with Crippen molar-refractivity contribution in [2.24, 2.45) is 5.73 Å². The molecule has 6 nitrogen and oxygen atoms in total. The van der Waals surface area contributed by atoms with E-state index in [1.165, 1.54) is 0 Å². The van der Waals surface area contributed by atoms with Crippen LogP contribution in [0.25, 0.3) is 0 Å². The van der Waals surface area contributed by atoms with Gasteiger partial charge in [0.2, 0.25) is 0 Å². The molecule has 1 aromatic heterocycles. The van der Waals surface area contributed by atoms with Crippen molar-refractivity contribution in [1.29, 1.82) is 0 Å². The van der Waals surface area contributed by atoms with E-state index in [1.54, 1.807) is 18.7 Å². The lowest BCUT2D eigenvalue weighted by Gasteiger charge is -2.32. The van der Waals surface area contributed by atoms with Crippen LogP contribution in [0.2, 0.25) is 0 Å². The number of rotatable bonds is 2. The van der Waals surface area contributed by atoms with Crippen LogP contribution in [0.1, 0.15) is 21.8 Å². The zero-order valence-electron chi connectivity index (χ0n) is 10.5. The second-order valence-corrected chi connectivity index (χ2v) is 4.18. The molecule has 1 aliphatic heterocycles. The summed E-state index contributed by atoms with van der Waals surface area (Å²) in [6, 6.07) is 0. The Morgan fingerprint density at radius 3 is 2.83 bits per heavy atom. The number of aryl methyl sites for hydroxylation is 2. The van der Waals surface area contributed by atoms with E-state index in [1.807, 2.05) is 0 Å². The zero-order valence-corrected chi connectivity index (χ0v) is 11.3. The maximum absolute atomic E-state index is 12.3. The number of halogens is 1. The molecule has 0 bridgehead atoms. The van der Waals surface area contributed by atoms with Gasteiger partial charge in [-0.1, -0.05) is 5.16 Å². The van der Waals surface area contributed by atoms with Crippen molar-refractivity contribution in [2.45, 2.75) is 20.0 Å². The van der Waals surface area contributed by atoms with Gasteiger partial charge in [-0.15, -0.1) is 12.4 Å². The minimum atomic E-state index is -0.0758. The molecule has 0 spiro atoms. The first-order chi connectivity index (χ1) is 8.13. The minimum Gasteiger partial charge on any atom is -0.373 e. The lowest BCUT2D eigenvalue weighted by atomic mass is 10.1. The van der Waals surface area contributed by atoms with E-state index >= 15 is 0 Å². The van der Waals surface area contributed by atoms with Crippen LogP contribution in [-0.2, 0) is 4.74 Å². The molecule has 1 aromatic rings. The van der Waals surface area contributed by atoms with Gasteiger partial charge in [0.15, 0.2) is 0 Å². The first-order valence-electron chi connectivity index (χ1n) is 5.67. The van der Waals surface area contributed by atoms with E-state index in [0.29, 0.717) is 43.3 Å². The Labute approximate surface area is 112 Å². The number of morpholine rings is 1. The molecule has 18 heavy (non-hydrogen) atoms. The normalized spacial score (nSPS) is 19.5. The van der Waals surface area contributed by atoms with Crippen LogP contribution in [0.5, 0.6) is 0 Å². The van der Waals surface area contributed by atoms with Crippen LogP contribution in [0.4, 0.5) is 0 Å². The number of amides is 1. The van der Waals surface area contributed by atoms with Gasteiger partial charge in [0, 0.05) is 19.6 Å². The van der Waals surface area contributed by atoms with Crippen LogP contribution in [0.3, 0.4) is 0 Å². The summed E-state index contributed by atoms with van der Waals surface area (Å²) in [6.07, 6.45) is -0.0758. The molecule has 102 valence electrons. The van der Waals surface area contributed by atoms with Gasteiger partial charge in [-0.3, -0.25) is 4.79 Å². The van der Waals surface area contributed by atoms with Crippen molar-refractivity contribution in [2.75, 3.05) is 26.2 Å². The molecule has 7 heteroatoms. The molecule has 0 saturated carbocycles. The molecule has 2 heterocycles. The highest BCUT2D eigenvalue weighted by Crippen LogP contribution is 2.16. The third-order valence-corrected chi connectivity index (χ3v) is 2.94. The Morgan fingerprint density at radius 2 is 2.28 bits per heavy atom. The number of ether oxygens (including phenoxy) is 1. The fourth-order valence-corrected chi connectivity index (χ4v) is 1.99. The van der Waals surface area contributed by atoms with Crippen molar-refractivity contribution in [3.63, 3.8) is 0 Å². The van der Waals surface area contributed by atoms with Crippen molar-refractivity contribution < 1.29 is 14.1 Å². The standard InChI is InChI=1S/C11H17N3O3.ClH/c1-7-10(8(2)17-13-7)11(15)14-3-4-16-9(5-12)6-14;/h9H,3-6,12H2,1-2H3;1H. The summed E-state index contributed by atoms with van der Waals surface area (Å²) >= 11 is 0. The fourth-order valence-electron chi connectivity index (χ4n) is 1.99. The molecule has 0 aromatic carbocycles. The summed E-state index contributed by atoms with van der Waals surface area (Å²) < 4.78 is 10.4. The summed E-state index contributed by atoms with van der Waals surface area (Å²) in [5, 5.41) is 3.79. The Morgan fingerprint density at radius 1 is 1.56 bits per heavy atom. The predicted octanol–water partition coefficient (Wildman–Crippen LogP) is 0.513. The average molecular weight is 276 g/mol. The molecular formula is C11H18ClN3O3. The number of hydrogen-bond donors (Lipinski definition) is 1. The zero-order chi connectivity index (χ0) is 12.4. The molecule has 1 fully saturated rings. The molecule has 0 aliphatic carbocycles. The molecule has 0 radical (unpaired) electrons. The Bertz CT molecular complexity index is 402. The van der Waals surface area contributed by atoms with Gasteiger partial charge < -0.3 is 19.9 Å². The van der Waals surface area contributed by atoms with Crippen molar-refractivity contribution >= 4 is 18.3 Å². The Kier molecular flexibility index (Phi) is 5.13. The van der Waals surface area contributed by atoms with E-state index in [0.717, 1.165) is 0 Å². The van der Waals surface area contributed by atoms with E-state index in [-0.39, 0.29) is 24.4 Å². The second kappa shape index (κ2) is 6.17.